The molecule has 17 heavy (non-hydrogen) atoms. The number of aromatic nitrogens is 2. The van der Waals surface area contributed by atoms with E-state index in [0.29, 0.717) is 24.8 Å². The Bertz CT molecular complexity index is 364. The van der Waals surface area contributed by atoms with Crippen LogP contribution in [0.2, 0.25) is 0 Å². The summed E-state index contributed by atoms with van der Waals surface area (Å²) in [5, 5.41) is 3.64. The molecule has 3 heterocycles. The second kappa shape index (κ2) is 4.78. The lowest BCUT2D eigenvalue weighted by Gasteiger charge is -2.29. The predicted molar refractivity (Wildman–Crippen MR) is 65.7 cm³/mol. The average Bonchev–Trinajstić information content (AvgIpc) is 2.93. The van der Waals surface area contributed by atoms with Crippen LogP contribution in [0.25, 0.3) is 0 Å². The summed E-state index contributed by atoms with van der Waals surface area (Å²) < 4.78 is 8.20. The fourth-order valence-electron chi connectivity index (χ4n) is 3.10. The number of hydrogen-bond acceptors (Lipinski definition) is 3. The molecule has 2 aliphatic rings. The van der Waals surface area contributed by atoms with E-state index in [1.54, 1.807) is 0 Å². The van der Waals surface area contributed by atoms with E-state index >= 15 is 0 Å². The topological polar surface area (TPSA) is 39.1 Å². The van der Waals surface area contributed by atoms with Gasteiger partial charge in [-0.05, 0) is 32.6 Å². The SMILES string of the molecule is CCn1cncc1COC1CC2CCC(C1)N2. The summed E-state index contributed by atoms with van der Waals surface area (Å²) >= 11 is 0. The highest BCUT2D eigenvalue weighted by Gasteiger charge is 2.33. The first-order valence-electron chi connectivity index (χ1n) is 6.71. The lowest BCUT2D eigenvalue weighted by molar-refractivity contribution is 0.00648. The van der Waals surface area contributed by atoms with Crippen LogP contribution in [-0.4, -0.2) is 27.7 Å². The number of piperidine rings is 1. The maximum Gasteiger partial charge on any atom is 0.0948 e. The van der Waals surface area contributed by atoms with Crippen molar-refractivity contribution < 1.29 is 4.74 Å². The predicted octanol–water partition coefficient (Wildman–Crippen LogP) is 1.70. The van der Waals surface area contributed by atoms with Gasteiger partial charge in [0.15, 0.2) is 0 Å². The van der Waals surface area contributed by atoms with Crippen LogP contribution in [0, 0.1) is 0 Å². The molecule has 0 radical (unpaired) electrons. The normalized spacial score (nSPS) is 31.9. The molecule has 1 aromatic heterocycles. The van der Waals surface area contributed by atoms with Crippen LogP contribution >= 0.6 is 0 Å². The second-order valence-electron chi connectivity index (χ2n) is 5.21. The van der Waals surface area contributed by atoms with E-state index < -0.39 is 0 Å². The zero-order chi connectivity index (χ0) is 11.7. The van der Waals surface area contributed by atoms with Crippen molar-refractivity contribution in [2.24, 2.45) is 0 Å². The molecule has 2 saturated heterocycles. The molecule has 94 valence electrons. The van der Waals surface area contributed by atoms with Gasteiger partial charge < -0.3 is 14.6 Å². The number of hydrogen-bond donors (Lipinski definition) is 1. The molecule has 0 spiro atoms. The van der Waals surface area contributed by atoms with Gasteiger partial charge in [0.2, 0.25) is 0 Å². The number of aryl methyl sites for hydroxylation is 1. The van der Waals surface area contributed by atoms with Gasteiger partial charge in [-0.25, -0.2) is 4.98 Å². The molecule has 4 nitrogen and oxygen atoms in total. The molecule has 0 aromatic carbocycles. The van der Waals surface area contributed by atoms with Crippen LogP contribution in [0.1, 0.15) is 38.3 Å². The van der Waals surface area contributed by atoms with Gasteiger partial charge in [-0.3, -0.25) is 0 Å². The molecule has 0 amide bonds. The summed E-state index contributed by atoms with van der Waals surface area (Å²) in [5.74, 6) is 0. The Balaban J connectivity index is 1.54. The minimum Gasteiger partial charge on any atom is -0.372 e. The Morgan fingerprint density at radius 1 is 1.41 bits per heavy atom. The Kier molecular flexibility index (Phi) is 3.16. The monoisotopic (exact) mass is 235 g/mol. The van der Waals surface area contributed by atoms with Crippen molar-refractivity contribution in [3.05, 3.63) is 18.2 Å². The maximum atomic E-state index is 6.05. The van der Waals surface area contributed by atoms with E-state index in [-0.39, 0.29) is 0 Å². The Morgan fingerprint density at radius 3 is 2.88 bits per heavy atom. The van der Waals surface area contributed by atoms with Crippen molar-refractivity contribution in [1.29, 1.82) is 0 Å². The third kappa shape index (κ3) is 2.38. The number of nitrogens with one attached hydrogen (secondary N) is 1. The first-order valence-corrected chi connectivity index (χ1v) is 6.71. The van der Waals surface area contributed by atoms with E-state index in [1.807, 2.05) is 12.5 Å². The van der Waals surface area contributed by atoms with Gasteiger partial charge in [0.05, 0.1) is 30.9 Å². The lowest BCUT2D eigenvalue weighted by atomic mass is 10.0. The number of ether oxygens (including phenoxy) is 1. The lowest BCUT2D eigenvalue weighted by Crippen LogP contribution is -2.41. The van der Waals surface area contributed by atoms with E-state index in [0.717, 1.165) is 6.54 Å². The van der Waals surface area contributed by atoms with Crippen molar-refractivity contribution in [1.82, 2.24) is 14.9 Å². The summed E-state index contributed by atoms with van der Waals surface area (Å²) in [7, 11) is 0. The Labute approximate surface area is 102 Å². The van der Waals surface area contributed by atoms with E-state index in [2.05, 4.69) is 21.8 Å². The smallest absolute Gasteiger partial charge is 0.0948 e. The Morgan fingerprint density at radius 2 is 2.18 bits per heavy atom. The van der Waals surface area contributed by atoms with Gasteiger partial charge in [-0.1, -0.05) is 0 Å². The van der Waals surface area contributed by atoms with Crippen LogP contribution in [-0.2, 0) is 17.9 Å². The van der Waals surface area contributed by atoms with Crippen molar-refractivity contribution >= 4 is 0 Å². The minimum absolute atomic E-state index is 0.439. The summed E-state index contributed by atoms with van der Waals surface area (Å²) in [4.78, 5) is 4.17. The standard InChI is InChI=1S/C13H21N3O/c1-2-16-9-14-7-12(16)8-17-13-5-10-3-4-11(6-13)15-10/h7,9-11,13,15H,2-6,8H2,1H3. The summed E-state index contributed by atoms with van der Waals surface area (Å²) in [6.07, 6.45) is 9.25. The highest BCUT2D eigenvalue weighted by molar-refractivity contribution is 4.97. The van der Waals surface area contributed by atoms with E-state index in [9.17, 15) is 0 Å². The molecular weight excluding hydrogens is 214 g/mol. The molecule has 0 aliphatic carbocycles. The van der Waals surface area contributed by atoms with Gasteiger partial charge in [-0.2, -0.15) is 0 Å². The highest BCUT2D eigenvalue weighted by atomic mass is 16.5. The van der Waals surface area contributed by atoms with Crippen LogP contribution < -0.4 is 5.32 Å². The second-order valence-corrected chi connectivity index (χ2v) is 5.21. The molecule has 1 N–H and O–H groups in total. The fraction of sp³-hybridized carbons (Fsp3) is 0.769. The maximum absolute atomic E-state index is 6.05. The van der Waals surface area contributed by atoms with Gasteiger partial charge in [-0.15, -0.1) is 0 Å². The molecule has 2 unspecified atom stereocenters. The molecular formula is C13H21N3O. The summed E-state index contributed by atoms with van der Waals surface area (Å²) in [6.45, 7) is 3.81. The van der Waals surface area contributed by atoms with Crippen molar-refractivity contribution in [3.8, 4) is 0 Å². The first kappa shape index (κ1) is 11.2. The molecule has 3 rings (SSSR count). The van der Waals surface area contributed by atoms with Crippen molar-refractivity contribution in [3.63, 3.8) is 0 Å². The van der Waals surface area contributed by atoms with Crippen LogP contribution in [0.3, 0.4) is 0 Å². The van der Waals surface area contributed by atoms with Gasteiger partial charge in [0.1, 0.15) is 0 Å². The van der Waals surface area contributed by atoms with Crippen LogP contribution in [0.4, 0.5) is 0 Å². The summed E-state index contributed by atoms with van der Waals surface area (Å²) in [6, 6.07) is 1.41. The molecule has 0 saturated carbocycles. The number of rotatable bonds is 4. The molecule has 4 heteroatoms. The minimum atomic E-state index is 0.439. The van der Waals surface area contributed by atoms with Gasteiger partial charge >= 0.3 is 0 Å². The highest BCUT2D eigenvalue weighted by Crippen LogP contribution is 2.28. The number of nitrogens with zero attached hydrogens (tertiary/aromatic N) is 2. The average molecular weight is 235 g/mol. The van der Waals surface area contributed by atoms with Gasteiger partial charge in [0, 0.05) is 18.6 Å². The largest absolute Gasteiger partial charge is 0.372 e. The van der Waals surface area contributed by atoms with Crippen LogP contribution in [0.15, 0.2) is 12.5 Å². The molecule has 2 fully saturated rings. The summed E-state index contributed by atoms with van der Waals surface area (Å²) in [5.41, 5.74) is 1.19. The fourth-order valence-corrected chi connectivity index (χ4v) is 3.10. The molecule has 2 aliphatic heterocycles. The molecule has 1 aromatic rings. The third-order valence-corrected chi connectivity index (χ3v) is 4.04. The number of fused-ring (bicyclic) bond motifs is 2. The Hall–Kier alpha value is -0.870. The molecule has 2 atom stereocenters. The first-order chi connectivity index (χ1) is 8.35. The molecule has 2 bridgehead atoms. The van der Waals surface area contributed by atoms with Gasteiger partial charge in [0.25, 0.3) is 0 Å². The van der Waals surface area contributed by atoms with Crippen LogP contribution in [0.5, 0.6) is 0 Å². The zero-order valence-electron chi connectivity index (χ0n) is 10.4. The van der Waals surface area contributed by atoms with E-state index in [4.69, 9.17) is 4.74 Å². The number of imidazole rings is 1. The zero-order valence-corrected chi connectivity index (χ0v) is 10.4. The van der Waals surface area contributed by atoms with Crippen molar-refractivity contribution in [2.45, 2.75) is 63.9 Å². The quantitative estimate of drug-likeness (QED) is 0.863. The van der Waals surface area contributed by atoms with E-state index in [1.165, 1.54) is 31.4 Å². The van der Waals surface area contributed by atoms with Crippen molar-refractivity contribution in [2.75, 3.05) is 0 Å². The third-order valence-electron chi connectivity index (χ3n) is 4.04.